The van der Waals surface area contributed by atoms with Gasteiger partial charge in [0.05, 0.1) is 50.0 Å². The number of hydrogen-bond donors (Lipinski definition) is 1. The van der Waals surface area contributed by atoms with Crippen LogP contribution < -0.4 is 15.2 Å². The van der Waals surface area contributed by atoms with Crippen LogP contribution in [-0.2, 0) is 9.53 Å². The molecule has 0 spiro atoms. The van der Waals surface area contributed by atoms with Crippen LogP contribution >= 0.6 is 11.8 Å². The smallest absolute Gasteiger partial charge is 0.338 e. The number of thioether (sulfide) groups is 1. The molecule has 2 aliphatic heterocycles. The number of carbonyl (C=O) groups is 2. The lowest BCUT2D eigenvalue weighted by Gasteiger charge is -2.38. The Morgan fingerprint density at radius 3 is 2.50 bits per heavy atom. The molecule has 0 saturated carbocycles. The summed E-state index contributed by atoms with van der Waals surface area (Å²) in [6.07, 6.45) is 0. The first-order chi connectivity index (χ1) is 15.5. The lowest BCUT2D eigenvalue weighted by Crippen LogP contribution is -2.42. The highest BCUT2D eigenvalue weighted by Gasteiger charge is 2.44. The molecule has 1 amide bonds. The summed E-state index contributed by atoms with van der Waals surface area (Å²) in [5, 5.41) is 10.5. The van der Waals surface area contributed by atoms with E-state index in [1.165, 1.54) is 38.0 Å². The van der Waals surface area contributed by atoms with Gasteiger partial charge in [0.15, 0.2) is 11.5 Å². The van der Waals surface area contributed by atoms with Crippen molar-refractivity contribution < 1.29 is 23.8 Å². The number of nitrogens with two attached hydrogens (primary N) is 1. The zero-order chi connectivity index (χ0) is 23.0. The molecule has 1 unspecified atom stereocenters. The highest BCUT2D eigenvalue weighted by atomic mass is 32.2. The van der Waals surface area contributed by atoms with Crippen molar-refractivity contribution in [3.8, 4) is 17.6 Å². The number of benzene rings is 2. The first-order valence-electron chi connectivity index (χ1n) is 9.52. The molecule has 0 bridgehead atoms. The number of hydrogen-bond acceptors (Lipinski definition) is 8. The number of amides is 1. The van der Waals surface area contributed by atoms with E-state index < -0.39 is 17.8 Å². The molecule has 2 heterocycles. The summed E-state index contributed by atoms with van der Waals surface area (Å²) in [6.45, 7) is 0. The predicted octanol–water partition coefficient (Wildman–Crippen LogP) is 3.13. The van der Waals surface area contributed by atoms with E-state index in [-0.39, 0.29) is 17.0 Å². The molecule has 4 rings (SSSR count). The normalized spacial score (nSPS) is 17.4. The number of methoxy groups -OCH3 is 3. The molecule has 0 saturated heterocycles. The van der Waals surface area contributed by atoms with E-state index in [1.807, 2.05) is 6.07 Å². The number of carbonyl (C=O) groups excluding carboxylic acids is 2. The molecule has 8 nitrogen and oxygen atoms in total. The van der Waals surface area contributed by atoms with Crippen molar-refractivity contribution in [1.82, 2.24) is 4.90 Å². The number of allylic oxidation sites excluding steroid dienone is 1. The molecule has 0 aliphatic carbocycles. The van der Waals surface area contributed by atoms with Crippen LogP contribution in [0.4, 0.5) is 0 Å². The molecule has 9 heteroatoms. The van der Waals surface area contributed by atoms with Crippen molar-refractivity contribution in [2.45, 2.75) is 10.8 Å². The quantitative estimate of drug-likeness (QED) is 0.708. The highest BCUT2D eigenvalue weighted by molar-refractivity contribution is 8.03. The third-order valence-corrected chi connectivity index (χ3v) is 6.49. The van der Waals surface area contributed by atoms with Gasteiger partial charge in [-0.2, -0.15) is 5.26 Å². The van der Waals surface area contributed by atoms with Gasteiger partial charge in [0, 0.05) is 4.90 Å². The van der Waals surface area contributed by atoms with Gasteiger partial charge in [-0.15, -0.1) is 0 Å². The van der Waals surface area contributed by atoms with E-state index >= 15 is 0 Å². The second-order valence-electron chi connectivity index (χ2n) is 6.91. The molecule has 1 atom stereocenters. The Hall–Kier alpha value is -3.90. The molecule has 2 aliphatic rings. The summed E-state index contributed by atoms with van der Waals surface area (Å²) in [5.74, 6) is -1.15. The Morgan fingerprint density at radius 1 is 1.12 bits per heavy atom. The van der Waals surface area contributed by atoms with Crippen LogP contribution in [-0.4, -0.2) is 38.1 Å². The summed E-state index contributed by atoms with van der Waals surface area (Å²) in [6, 6.07) is 14.3. The number of fused-ring (bicyclic) bond motifs is 2. The monoisotopic (exact) mass is 449 g/mol. The molecule has 162 valence electrons. The number of rotatable bonds is 4. The first kappa shape index (κ1) is 21.3. The Labute approximate surface area is 188 Å². The van der Waals surface area contributed by atoms with Gasteiger partial charge in [-0.3, -0.25) is 9.69 Å². The SMILES string of the molecule is COC(=O)C1=C(N)N2C(=O)c3ccccc3SC2=C(C#N)C1c1ccc(OC)c(OC)c1. The van der Waals surface area contributed by atoms with Crippen LogP contribution in [0.15, 0.2) is 69.4 Å². The zero-order valence-electron chi connectivity index (χ0n) is 17.5. The van der Waals surface area contributed by atoms with E-state index in [0.717, 1.165) is 0 Å². The minimum atomic E-state index is -0.857. The fraction of sp³-hybridized carbons (Fsp3) is 0.174. The molecule has 0 radical (unpaired) electrons. The van der Waals surface area contributed by atoms with Crippen LogP contribution in [0, 0.1) is 11.3 Å². The van der Waals surface area contributed by atoms with Crippen molar-refractivity contribution in [3.63, 3.8) is 0 Å². The predicted molar refractivity (Wildman–Crippen MR) is 117 cm³/mol. The summed E-state index contributed by atoms with van der Waals surface area (Å²) >= 11 is 1.26. The van der Waals surface area contributed by atoms with Gasteiger partial charge in [0.1, 0.15) is 10.9 Å². The van der Waals surface area contributed by atoms with Crippen LogP contribution in [0.3, 0.4) is 0 Å². The summed E-state index contributed by atoms with van der Waals surface area (Å²) in [7, 11) is 4.23. The van der Waals surface area contributed by atoms with Gasteiger partial charge in [-0.1, -0.05) is 30.0 Å². The maximum atomic E-state index is 13.3. The van der Waals surface area contributed by atoms with Gasteiger partial charge in [0.25, 0.3) is 5.91 Å². The minimum absolute atomic E-state index is 0.00773. The summed E-state index contributed by atoms with van der Waals surface area (Å²) in [4.78, 5) is 28.0. The maximum Gasteiger partial charge on any atom is 0.338 e. The lowest BCUT2D eigenvalue weighted by atomic mass is 9.82. The average molecular weight is 449 g/mol. The van der Waals surface area contributed by atoms with Crippen LogP contribution in [0.1, 0.15) is 21.8 Å². The summed E-state index contributed by atoms with van der Waals surface area (Å²) in [5.41, 5.74) is 7.63. The van der Waals surface area contributed by atoms with Crippen LogP contribution in [0.2, 0.25) is 0 Å². The van der Waals surface area contributed by atoms with E-state index in [4.69, 9.17) is 19.9 Å². The minimum Gasteiger partial charge on any atom is -0.493 e. The largest absolute Gasteiger partial charge is 0.493 e. The van der Waals surface area contributed by atoms with Crippen molar-refractivity contribution in [3.05, 3.63) is 75.6 Å². The van der Waals surface area contributed by atoms with Gasteiger partial charge in [0.2, 0.25) is 0 Å². The number of nitrogens with zero attached hydrogens (tertiary/aromatic N) is 2. The topological polar surface area (TPSA) is 115 Å². The molecule has 2 N–H and O–H groups in total. The fourth-order valence-corrected chi connectivity index (χ4v) is 5.00. The van der Waals surface area contributed by atoms with Crippen molar-refractivity contribution >= 4 is 23.6 Å². The Bertz CT molecular complexity index is 1240. The Morgan fingerprint density at radius 2 is 1.84 bits per heavy atom. The molecule has 2 aromatic rings. The number of ether oxygens (including phenoxy) is 3. The van der Waals surface area contributed by atoms with Crippen LogP contribution in [0.25, 0.3) is 0 Å². The zero-order valence-corrected chi connectivity index (χ0v) is 18.4. The first-order valence-corrected chi connectivity index (χ1v) is 10.3. The summed E-state index contributed by atoms with van der Waals surface area (Å²) < 4.78 is 15.7. The van der Waals surface area contributed by atoms with Crippen LogP contribution in [0.5, 0.6) is 11.5 Å². The third-order valence-electron chi connectivity index (χ3n) is 5.32. The molecular formula is C23H19N3O5S. The average Bonchev–Trinajstić information content (AvgIpc) is 2.82. The number of esters is 1. The standard InChI is InChI=1S/C23H19N3O5S/c1-29-15-9-8-12(10-16(15)30-2)18-14(11-24)22-26(20(25)19(18)23(28)31-3)21(27)13-6-4-5-7-17(13)32-22/h4-10,18H,25H2,1-3H3. The Balaban J connectivity index is 1.99. The molecule has 0 fully saturated rings. The fourth-order valence-electron chi connectivity index (χ4n) is 3.84. The Kier molecular flexibility index (Phi) is 5.55. The van der Waals surface area contributed by atoms with Crippen molar-refractivity contribution in [1.29, 1.82) is 5.26 Å². The third kappa shape index (κ3) is 3.16. The highest BCUT2D eigenvalue weighted by Crippen LogP contribution is 2.50. The molecule has 32 heavy (non-hydrogen) atoms. The molecule has 0 aromatic heterocycles. The second kappa shape index (κ2) is 8.32. The maximum absolute atomic E-state index is 13.3. The van der Waals surface area contributed by atoms with Crippen molar-refractivity contribution in [2.75, 3.05) is 21.3 Å². The van der Waals surface area contributed by atoms with E-state index in [1.54, 1.807) is 36.4 Å². The van der Waals surface area contributed by atoms with Gasteiger partial charge in [-0.05, 0) is 29.8 Å². The van der Waals surface area contributed by atoms with E-state index in [2.05, 4.69) is 6.07 Å². The lowest BCUT2D eigenvalue weighted by molar-refractivity contribution is -0.136. The van der Waals surface area contributed by atoms with Crippen molar-refractivity contribution in [2.24, 2.45) is 5.73 Å². The van der Waals surface area contributed by atoms with E-state index in [9.17, 15) is 14.9 Å². The number of nitriles is 1. The van der Waals surface area contributed by atoms with Gasteiger partial charge >= 0.3 is 5.97 Å². The second-order valence-corrected chi connectivity index (χ2v) is 7.94. The van der Waals surface area contributed by atoms with E-state index in [0.29, 0.717) is 32.6 Å². The molecular weight excluding hydrogens is 430 g/mol. The van der Waals surface area contributed by atoms with Gasteiger partial charge < -0.3 is 19.9 Å². The molecule has 2 aromatic carbocycles. The van der Waals surface area contributed by atoms with Gasteiger partial charge in [-0.25, -0.2) is 4.79 Å².